The van der Waals surface area contributed by atoms with E-state index in [9.17, 15) is 13.2 Å². The first-order valence-electron chi connectivity index (χ1n) is 5.89. The van der Waals surface area contributed by atoms with E-state index in [4.69, 9.17) is 4.74 Å². The fraction of sp³-hybridized carbons (Fsp3) is 0.417. The molecule has 7 heteroatoms. The number of hydrogen-bond donors (Lipinski definition) is 1. The van der Waals surface area contributed by atoms with Crippen molar-refractivity contribution in [3.05, 3.63) is 29.8 Å². The smallest absolute Gasteiger partial charge is 0.243 e. The standard InChI is InChI=1S/C12H15NO4S2/c14-12(18)9-10-1-3-11(4-2-10)19(15,16)13-5-7-17-8-6-13/h1-4H,5-9H2,(H,14,18). The van der Waals surface area contributed by atoms with Crippen LogP contribution in [-0.2, 0) is 26.0 Å². The van der Waals surface area contributed by atoms with Gasteiger partial charge in [-0.1, -0.05) is 12.1 Å². The lowest BCUT2D eigenvalue weighted by molar-refractivity contribution is -0.110. The van der Waals surface area contributed by atoms with Gasteiger partial charge < -0.3 is 4.74 Å². The van der Waals surface area contributed by atoms with Gasteiger partial charge in [-0.05, 0) is 17.7 Å². The van der Waals surface area contributed by atoms with Crippen molar-refractivity contribution >= 4 is 27.8 Å². The predicted octanol–water partition coefficient (Wildman–Crippen LogP) is 0.706. The van der Waals surface area contributed by atoms with Crippen molar-refractivity contribution < 1.29 is 17.9 Å². The molecule has 1 aromatic rings. The Morgan fingerprint density at radius 2 is 1.79 bits per heavy atom. The van der Waals surface area contributed by atoms with E-state index in [-0.39, 0.29) is 16.4 Å². The molecule has 1 aliphatic heterocycles. The molecule has 0 aliphatic carbocycles. The number of benzene rings is 1. The second kappa shape index (κ2) is 6.04. The Hall–Kier alpha value is -0.890. The molecule has 0 unspecified atom stereocenters. The van der Waals surface area contributed by atoms with Crippen LogP contribution in [0.1, 0.15) is 5.56 Å². The van der Waals surface area contributed by atoms with Crippen molar-refractivity contribution in [2.75, 3.05) is 26.3 Å². The summed E-state index contributed by atoms with van der Waals surface area (Å²) in [5.74, 6) is 0. The fourth-order valence-corrected chi connectivity index (χ4v) is 3.48. The monoisotopic (exact) mass is 301 g/mol. The third kappa shape index (κ3) is 3.56. The van der Waals surface area contributed by atoms with Crippen LogP contribution in [0.15, 0.2) is 29.2 Å². The minimum atomic E-state index is -3.46. The highest BCUT2D eigenvalue weighted by atomic mass is 32.2. The molecule has 19 heavy (non-hydrogen) atoms. The maximum Gasteiger partial charge on any atom is 0.243 e. The average Bonchev–Trinajstić information content (AvgIpc) is 2.40. The molecule has 0 spiro atoms. The van der Waals surface area contributed by atoms with Gasteiger partial charge in [0.1, 0.15) is 0 Å². The van der Waals surface area contributed by atoms with Gasteiger partial charge in [0, 0.05) is 19.5 Å². The maximum atomic E-state index is 12.3. The summed E-state index contributed by atoms with van der Waals surface area (Å²) in [7, 11) is -3.46. The molecule has 1 aliphatic rings. The number of carbonyl (C=O) groups is 1. The minimum absolute atomic E-state index is 0.195. The van der Waals surface area contributed by atoms with Gasteiger partial charge in [-0.2, -0.15) is 4.31 Å². The van der Waals surface area contributed by atoms with Gasteiger partial charge in [0.25, 0.3) is 0 Å². The van der Waals surface area contributed by atoms with Gasteiger partial charge in [-0.25, -0.2) is 8.42 Å². The summed E-state index contributed by atoms with van der Waals surface area (Å²) in [6.07, 6.45) is 0.195. The summed E-state index contributed by atoms with van der Waals surface area (Å²) in [5.41, 5.74) is 0.751. The fourth-order valence-electron chi connectivity index (χ4n) is 1.89. The van der Waals surface area contributed by atoms with Gasteiger partial charge in [0.05, 0.1) is 18.1 Å². The third-order valence-corrected chi connectivity index (χ3v) is 4.96. The van der Waals surface area contributed by atoms with E-state index in [1.165, 1.54) is 16.4 Å². The Bertz CT molecular complexity index is 548. The zero-order valence-corrected chi connectivity index (χ0v) is 12.0. The van der Waals surface area contributed by atoms with E-state index in [0.29, 0.717) is 26.3 Å². The van der Waals surface area contributed by atoms with Gasteiger partial charge in [0.15, 0.2) is 5.12 Å². The van der Waals surface area contributed by atoms with Crippen molar-refractivity contribution in [2.45, 2.75) is 11.3 Å². The normalized spacial score (nSPS) is 17.3. The molecule has 0 amide bonds. The number of ether oxygens (including phenoxy) is 1. The van der Waals surface area contributed by atoms with Crippen LogP contribution in [0, 0.1) is 0 Å². The number of thiol groups is 1. The lowest BCUT2D eigenvalue weighted by atomic mass is 10.2. The molecule has 0 atom stereocenters. The number of nitrogens with zero attached hydrogens (tertiary/aromatic N) is 1. The van der Waals surface area contributed by atoms with Gasteiger partial charge in [0.2, 0.25) is 10.0 Å². The van der Waals surface area contributed by atoms with Crippen LogP contribution in [0.2, 0.25) is 0 Å². The van der Waals surface area contributed by atoms with Crippen LogP contribution in [0.3, 0.4) is 0 Å². The highest BCUT2D eigenvalue weighted by Gasteiger charge is 2.25. The Balaban J connectivity index is 2.18. The zero-order valence-electron chi connectivity index (χ0n) is 10.3. The van der Waals surface area contributed by atoms with Crippen molar-refractivity contribution in [3.8, 4) is 0 Å². The molecule has 0 radical (unpaired) electrons. The lowest BCUT2D eigenvalue weighted by Crippen LogP contribution is -2.40. The number of rotatable bonds is 4. The maximum absolute atomic E-state index is 12.3. The van der Waals surface area contributed by atoms with Crippen LogP contribution in [0.5, 0.6) is 0 Å². The molecule has 0 bridgehead atoms. The third-order valence-electron chi connectivity index (χ3n) is 2.89. The Morgan fingerprint density at radius 3 is 2.32 bits per heavy atom. The highest BCUT2D eigenvalue weighted by Crippen LogP contribution is 2.18. The number of hydrogen-bond acceptors (Lipinski definition) is 4. The molecule has 2 rings (SSSR count). The molecule has 0 saturated carbocycles. The van der Waals surface area contributed by atoms with Crippen LogP contribution in [0.25, 0.3) is 0 Å². The van der Waals surface area contributed by atoms with Crippen molar-refractivity contribution in [1.82, 2.24) is 4.31 Å². The van der Waals surface area contributed by atoms with Crippen LogP contribution in [0.4, 0.5) is 0 Å². The molecular weight excluding hydrogens is 286 g/mol. The molecule has 1 saturated heterocycles. The van der Waals surface area contributed by atoms with E-state index in [1.54, 1.807) is 12.1 Å². The second-order valence-electron chi connectivity index (χ2n) is 4.23. The molecule has 1 fully saturated rings. The molecule has 5 nitrogen and oxygen atoms in total. The van der Waals surface area contributed by atoms with E-state index >= 15 is 0 Å². The molecule has 0 N–H and O–H groups in total. The first kappa shape index (κ1) is 14.5. The SMILES string of the molecule is O=C(S)Cc1ccc(S(=O)(=O)N2CCOCC2)cc1. The van der Waals surface area contributed by atoms with E-state index in [2.05, 4.69) is 12.6 Å². The summed E-state index contributed by atoms with van der Waals surface area (Å²) in [4.78, 5) is 11.1. The second-order valence-corrected chi connectivity index (χ2v) is 6.67. The first-order chi connectivity index (χ1) is 9.00. The summed E-state index contributed by atoms with van der Waals surface area (Å²) >= 11 is 3.70. The van der Waals surface area contributed by atoms with Crippen LogP contribution < -0.4 is 0 Å². The highest BCUT2D eigenvalue weighted by molar-refractivity contribution is 7.96. The summed E-state index contributed by atoms with van der Waals surface area (Å²) < 4.78 is 31.2. The molecule has 1 heterocycles. The predicted molar refractivity (Wildman–Crippen MR) is 73.7 cm³/mol. The summed E-state index contributed by atoms with van der Waals surface area (Å²) in [6.45, 7) is 1.59. The van der Waals surface area contributed by atoms with Crippen molar-refractivity contribution in [3.63, 3.8) is 0 Å². The molecule has 104 valence electrons. The first-order valence-corrected chi connectivity index (χ1v) is 7.77. The topological polar surface area (TPSA) is 63.7 Å². The van der Waals surface area contributed by atoms with E-state index in [0.717, 1.165) is 5.56 Å². The molecule has 1 aromatic carbocycles. The van der Waals surface area contributed by atoms with Crippen LogP contribution in [-0.4, -0.2) is 44.1 Å². The molecular formula is C12H15NO4S2. The van der Waals surface area contributed by atoms with Gasteiger partial charge >= 0.3 is 0 Å². The number of carbonyl (C=O) groups excluding carboxylic acids is 1. The van der Waals surface area contributed by atoms with Crippen LogP contribution >= 0.6 is 12.6 Å². The van der Waals surface area contributed by atoms with E-state index < -0.39 is 10.0 Å². The Labute approximate surface area is 118 Å². The molecule has 0 aromatic heterocycles. The largest absolute Gasteiger partial charge is 0.379 e. The van der Waals surface area contributed by atoms with Crippen molar-refractivity contribution in [2.24, 2.45) is 0 Å². The number of sulfonamides is 1. The van der Waals surface area contributed by atoms with Crippen molar-refractivity contribution in [1.29, 1.82) is 0 Å². The average molecular weight is 301 g/mol. The Kier molecular flexibility index (Phi) is 4.62. The quantitative estimate of drug-likeness (QED) is 0.832. The summed E-state index contributed by atoms with van der Waals surface area (Å²) in [5, 5.41) is -0.246. The van der Waals surface area contributed by atoms with E-state index in [1.807, 2.05) is 0 Å². The summed E-state index contributed by atoms with van der Waals surface area (Å²) in [6, 6.07) is 6.33. The number of morpholine rings is 1. The Morgan fingerprint density at radius 1 is 1.21 bits per heavy atom. The lowest BCUT2D eigenvalue weighted by Gasteiger charge is -2.26. The van der Waals surface area contributed by atoms with Gasteiger partial charge in [-0.15, -0.1) is 12.6 Å². The zero-order chi connectivity index (χ0) is 13.9. The minimum Gasteiger partial charge on any atom is -0.379 e. The van der Waals surface area contributed by atoms with Gasteiger partial charge in [-0.3, -0.25) is 4.79 Å².